The van der Waals surface area contributed by atoms with Crippen LogP contribution in [0.2, 0.25) is 0 Å². The van der Waals surface area contributed by atoms with Gasteiger partial charge in [-0.25, -0.2) is 4.98 Å². The molecule has 4 heterocycles. The van der Waals surface area contributed by atoms with Gasteiger partial charge in [-0.1, -0.05) is 5.16 Å². The molecule has 0 bridgehead atoms. The molecular weight excluding hydrogens is 300 g/mol. The molecule has 2 fully saturated rings. The molecule has 2 aliphatic rings. The Labute approximate surface area is 133 Å². The minimum atomic E-state index is 0.262. The summed E-state index contributed by atoms with van der Waals surface area (Å²) >= 11 is 1.69. The molecular formula is C15H20N4O2S. The summed E-state index contributed by atoms with van der Waals surface area (Å²) in [4.78, 5) is 9.28. The summed E-state index contributed by atoms with van der Waals surface area (Å²) in [5.74, 6) is 0.926. The molecule has 2 aromatic rings. The largest absolute Gasteiger partial charge is 0.373 e. The number of ether oxygens (including phenoxy) is 1. The van der Waals surface area contributed by atoms with E-state index in [-0.39, 0.29) is 6.10 Å². The molecule has 6 nitrogen and oxygen atoms in total. The van der Waals surface area contributed by atoms with Gasteiger partial charge in [0.15, 0.2) is 5.13 Å². The van der Waals surface area contributed by atoms with Gasteiger partial charge in [0.05, 0.1) is 24.4 Å². The number of nitrogens with zero attached hydrogens (tertiary/aromatic N) is 4. The predicted molar refractivity (Wildman–Crippen MR) is 84.2 cm³/mol. The molecule has 118 valence electrons. The van der Waals surface area contributed by atoms with Crippen LogP contribution < -0.4 is 4.90 Å². The Morgan fingerprint density at radius 2 is 2.27 bits per heavy atom. The molecule has 2 aliphatic heterocycles. The number of thiazole rings is 1. The topological polar surface area (TPSA) is 54.6 Å². The fourth-order valence-electron chi connectivity index (χ4n) is 3.41. The van der Waals surface area contributed by atoms with Crippen molar-refractivity contribution in [2.24, 2.45) is 0 Å². The minimum Gasteiger partial charge on any atom is -0.373 e. The molecule has 0 saturated carbocycles. The lowest BCUT2D eigenvalue weighted by Gasteiger charge is -2.36. The Morgan fingerprint density at radius 3 is 3.00 bits per heavy atom. The van der Waals surface area contributed by atoms with Crippen LogP contribution in [0.4, 0.5) is 5.13 Å². The molecule has 22 heavy (non-hydrogen) atoms. The molecule has 0 radical (unpaired) electrons. The van der Waals surface area contributed by atoms with E-state index in [2.05, 4.69) is 19.9 Å². The highest BCUT2D eigenvalue weighted by molar-refractivity contribution is 7.13. The van der Waals surface area contributed by atoms with Crippen molar-refractivity contribution in [1.82, 2.24) is 15.0 Å². The fourth-order valence-corrected chi connectivity index (χ4v) is 4.08. The van der Waals surface area contributed by atoms with Crippen molar-refractivity contribution >= 4 is 16.5 Å². The number of hydrogen-bond acceptors (Lipinski definition) is 7. The van der Waals surface area contributed by atoms with E-state index in [9.17, 15) is 0 Å². The van der Waals surface area contributed by atoms with Gasteiger partial charge in [0, 0.05) is 43.3 Å². The molecule has 0 N–H and O–H groups in total. The number of fused-ring (bicyclic) bond motifs is 1. The molecule has 0 aliphatic carbocycles. The molecule has 2 saturated heterocycles. The number of aromatic nitrogens is 2. The van der Waals surface area contributed by atoms with Crippen LogP contribution in [-0.4, -0.2) is 53.4 Å². The Bertz CT molecular complexity index is 623. The molecule has 0 amide bonds. The SMILES string of the molecule is Cc1noc(C)c1CN1CCO[C@@H]2CN(c3nccs3)C[C@@H]21. The molecule has 0 spiro atoms. The maximum atomic E-state index is 5.99. The van der Waals surface area contributed by atoms with Crippen LogP contribution in [0.5, 0.6) is 0 Å². The first-order valence-corrected chi connectivity index (χ1v) is 8.52. The first-order chi connectivity index (χ1) is 10.7. The van der Waals surface area contributed by atoms with Crippen molar-refractivity contribution < 1.29 is 9.26 Å². The van der Waals surface area contributed by atoms with Crippen molar-refractivity contribution in [3.05, 3.63) is 28.6 Å². The smallest absolute Gasteiger partial charge is 0.185 e. The van der Waals surface area contributed by atoms with Crippen LogP contribution >= 0.6 is 11.3 Å². The summed E-state index contributed by atoms with van der Waals surface area (Å²) in [6.45, 7) is 8.53. The van der Waals surface area contributed by atoms with E-state index in [1.54, 1.807) is 11.3 Å². The third kappa shape index (κ3) is 2.43. The van der Waals surface area contributed by atoms with E-state index in [0.717, 1.165) is 49.4 Å². The van der Waals surface area contributed by atoms with Gasteiger partial charge in [-0.15, -0.1) is 11.3 Å². The lowest BCUT2D eigenvalue weighted by Crippen LogP contribution is -2.50. The maximum Gasteiger partial charge on any atom is 0.185 e. The minimum absolute atomic E-state index is 0.262. The van der Waals surface area contributed by atoms with E-state index < -0.39 is 0 Å². The average molecular weight is 320 g/mol. The Kier molecular flexibility index (Phi) is 3.63. The van der Waals surface area contributed by atoms with Crippen LogP contribution in [0, 0.1) is 13.8 Å². The summed E-state index contributed by atoms with van der Waals surface area (Å²) in [6.07, 6.45) is 2.13. The van der Waals surface area contributed by atoms with Crippen LogP contribution in [-0.2, 0) is 11.3 Å². The van der Waals surface area contributed by atoms with Gasteiger partial charge in [-0.2, -0.15) is 0 Å². The van der Waals surface area contributed by atoms with Gasteiger partial charge in [-0.3, -0.25) is 4.90 Å². The summed E-state index contributed by atoms with van der Waals surface area (Å²) < 4.78 is 11.3. The van der Waals surface area contributed by atoms with Crippen molar-refractivity contribution in [2.45, 2.75) is 32.5 Å². The Balaban J connectivity index is 1.52. The quantitative estimate of drug-likeness (QED) is 0.860. The molecule has 2 atom stereocenters. The van der Waals surface area contributed by atoms with Gasteiger partial charge < -0.3 is 14.2 Å². The van der Waals surface area contributed by atoms with Gasteiger partial charge in [-0.05, 0) is 13.8 Å². The van der Waals surface area contributed by atoms with Crippen LogP contribution in [0.25, 0.3) is 0 Å². The summed E-state index contributed by atoms with van der Waals surface area (Å²) in [6, 6.07) is 0.409. The highest BCUT2D eigenvalue weighted by Crippen LogP contribution is 2.30. The summed E-state index contributed by atoms with van der Waals surface area (Å²) in [5, 5.41) is 7.19. The number of morpholine rings is 1. The second-order valence-electron chi connectivity index (χ2n) is 5.97. The second kappa shape index (κ2) is 5.64. The zero-order chi connectivity index (χ0) is 15.1. The average Bonchev–Trinajstić information content (AvgIpc) is 3.22. The number of rotatable bonds is 3. The second-order valence-corrected chi connectivity index (χ2v) is 6.84. The predicted octanol–water partition coefficient (Wildman–Crippen LogP) is 1.84. The van der Waals surface area contributed by atoms with Gasteiger partial charge in [0.1, 0.15) is 5.76 Å². The van der Waals surface area contributed by atoms with Crippen molar-refractivity contribution in [1.29, 1.82) is 0 Å². The van der Waals surface area contributed by atoms with E-state index in [1.807, 2.05) is 25.4 Å². The number of aryl methyl sites for hydroxylation is 2. The summed E-state index contributed by atoms with van der Waals surface area (Å²) in [7, 11) is 0. The molecule has 2 aromatic heterocycles. The lowest BCUT2D eigenvalue weighted by atomic mass is 10.1. The third-order valence-electron chi connectivity index (χ3n) is 4.65. The van der Waals surface area contributed by atoms with Gasteiger partial charge in [0.2, 0.25) is 0 Å². The van der Waals surface area contributed by atoms with Gasteiger partial charge >= 0.3 is 0 Å². The number of anilines is 1. The van der Waals surface area contributed by atoms with Crippen LogP contribution in [0.3, 0.4) is 0 Å². The maximum absolute atomic E-state index is 5.99. The van der Waals surface area contributed by atoms with Crippen molar-refractivity contribution in [3.8, 4) is 0 Å². The first kappa shape index (κ1) is 14.2. The van der Waals surface area contributed by atoms with Crippen LogP contribution in [0.1, 0.15) is 17.0 Å². The standard InChI is InChI=1S/C15H20N4O2S/c1-10-12(11(2)21-17-10)7-18-4-5-20-14-9-19(8-13(14)18)15-16-3-6-22-15/h3,6,13-14H,4-5,7-9H2,1-2H3/t13-,14+/m0/s1. The molecule has 4 rings (SSSR count). The van der Waals surface area contributed by atoms with Gasteiger partial charge in [0.25, 0.3) is 0 Å². The van der Waals surface area contributed by atoms with E-state index >= 15 is 0 Å². The van der Waals surface area contributed by atoms with E-state index in [0.29, 0.717) is 6.04 Å². The molecule has 0 unspecified atom stereocenters. The normalized spacial score (nSPS) is 25.6. The highest BCUT2D eigenvalue weighted by Gasteiger charge is 2.41. The zero-order valence-corrected chi connectivity index (χ0v) is 13.7. The third-order valence-corrected chi connectivity index (χ3v) is 5.48. The summed E-state index contributed by atoms with van der Waals surface area (Å²) in [5.41, 5.74) is 2.21. The first-order valence-electron chi connectivity index (χ1n) is 7.64. The molecule has 0 aromatic carbocycles. The Morgan fingerprint density at radius 1 is 1.36 bits per heavy atom. The lowest BCUT2D eigenvalue weighted by molar-refractivity contribution is -0.0501. The van der Waals surface area contributed by atoms with Crippen LogP contribution in [0.15, 0.2) is 16.1 Å². The van der Waals surface area contributed by atoms with E-state index in [1.165, 1.54) is 5.56 Å². The zero-order valence-electron chi connectivity index (χ0n) is 12.9. The molecule has 7 heteroatoms. The Hall–Kier alpha value is -1.44. The van der Waals surface area contributed by atoms with E-state index in [4.69, 9.17) is 9.26 Å². The van der Waals surface area contributed by atoms with Crippen molar-refractivity contribution in [3.63, 3.8) is 0 Å². The fraction of sp³-hybridized carbons (Fsp3) is 0.600. The highest BCUT2D eigenvalue weighted by atomic mass is 32.1. The number of hydrogen-bond donors (Lipinski definition) is 0. The monoisotopic (exact) mass is 320 g/mol. The van der Waals surface area contributed by atoms with Crippen molar-refractivity contribution in [2.75, 3.05) is 31.1 Å².